The fourth-order valence-electron chi connectivity index (χ4n) is 1.85. The Morgan fingerprint density at radius 3 is 1.58 bits per heavy atom. The van der Waals surface area contributed by atoms with Gasteiger partial charge in [0, 0.05) is 17.5 Å². The molecule has 0 aliphatic carbocycles. The van der Waals surface area contributed by atoms with E-state index < -0.39 is 9.85 Å². The topological polar surface area (TPSA) is 123 Å². The van der Waals surface area contributed by atoms with Crippen LogP contribution in [-0.4, -0.2) is 61.4 Å². The van der Waals surface area contributed by atoms with Gasteiger partial charge in [-0.15, -0.1) is 0 Å². The molecule has 0 heterocycles. The molecule has 0 bridgehead atoms. The second-order valence-corrected chi connectivity index (χ2v) is 5.74. The van der Waals surface area contributed by atoms with E-state index in [2.05, 4.69) is 15.9 Å². The van der Waals surface area contributed by atoms with Crippen molar-refractivity contribution < 1.29 is 28.8 Å². The number of non-ortho nitro benzene ring substituents is 2. The molecule has 0 radical (unpaired) electrons. The normalized spacial score (nSPS) is 10.8. The maximum atomic E-state index is 10.8. The predicted molar refractivity (Wildman–Crippen MR) is 95.7 cm³/mol. The van der Waals surface area contributed by atoms with E-state index in [9.17, 15) is 20.2 Å². The molecule has 1 rings (SSSR count). The molecule has 26 heavy (non-hydrogen) atoms. The Hall–Kier alpha value is -1.66. The van der Waals surface area contributed by atoms with Crippen molar-refractivity contribution in [1.29, 1.82) is 0 Å². The molecule has 0 amide bonds. The molecule has 0 saturated heterocycles. The lowest BCUT2D eigenvalue weighted by Crippen LogP contribution is -2.12. The minimum absolute atomic E-state index is 0.0211. The van der Waals surface area contributed by atoms with Crippen LogP contribution in [-0.2, 0) is 25.6 Å². The molecular formula is C15H21BrN2O8. The number of hydrogen-bond acceptors (Lipinski definition) is 8. The van der Waals surface area contributed by atoms with Gasteiger partial charge in [0.15, 0.2) is 0 Å². The minimum Gasteiger partial charge on any atom is -0.378 e. The molecule has 1 aromatic carbocycles. The molecule has 0 atom stereocenters. The summed E-state index contributed by atoms with van der Waals surface area (Å²) in [6, 6.07) is 3.41. The summed E-state index contributed by atoms with van der Waals surface area (Å²) in [6.45, 7) is 3.12. The lowest BCUT2D eigenvalue weighted by molar-refractivity contribution is -0.394. The molecule has 0 spiro atoms. The number of hydrogen-bond donors (Lipinski definition) is 0. The van der Waals surface area contributed by atoms with Gasteiger partial charge in [0.1, 0.15) is 0 Å². The maximum Gasteiger partial charge on any atom is 0.276 e. The predicted octanol–water partition coefficient (Wildman–Crippen LogP) is 2.46. The number of nitrogens with zero attached hydrogens (tertiary/aromatic N) is 2. The zero-order chi connectivity index (χ0) is 19.2. The van der Waals surface area contributed by atoms with Crippen LogP contribution in [0.15, 0.2) is 18.2 Å². The monoisotopic (exact) mass is 436 g/mol. The molecule has 146 valence electrons. The van der Waals surface area contributed by atoms with Crippen molar-refractivity contribution in [3.63, 3.8) is 0 Å². The van der Waals surface area contributed by atoms with Gasteiger partial charge in [-0.25, -0.2) is 0 Å². The van der Waals surface area contributed by atoms with Gasteiger partial charge in [-0.1, -0.05) is 15.9 Å². The second kappa shape index (κ2) is 13.5. The van der Waals surface area contributed by atoms with E-state index in [4.69, 9.17) is 18.9 Å². The second-order valence-electron chi connectivity index (χ2n) is 4.95. The van der Waals surface area contributed by atoms with Crippen LogP contribution in [0.1, 0.15) is 5.56 Å². The number of rotatable bonds is 15. The average molecular weight is 437 g/mol. The summed E-state index contributed by atoms with van der Waals surface area (Å²) in [5.41, 5.74) is -0.324. The third-order valence-corrected chi connectivity index (χ3v) is 3.31. The Kier molecular flexibility index (Phi) is 11.6. The van der Waals surface area contributed by atoms with E-state index in [0.29, 0.717) is 45.2 Å². The average Bonchev–Trinajstić information content (AvgIpc) is 2.62. The lowest BCUT2D eigenvalue weighted by Gasteiger charge is -2.07. The van der Waals surface area contributed by atoms with Crippen LogP contribution in [0, 0.1) is 20.2 Å². The molecule has 11 heteroatoms. The summed E-state index contributed by atoms with van der Waals surface area (Å²) in [7, 11) is 0. The summed E-state index contributed by atoms with van der Waals surface area (Å²) < 4.78 is 21.1. The van der Waals surface area contributed by atoms with Crippen LogP contribution in [0.25, 0.3) is 0 Å². The maximum absolute atomic E-state index is 10.8. The Morgan fingerprint density at radius 2 is 1.15 bits per heavy atom. The van der Waals surface area contributed by atoms with E-state index in [-0.39, 0.29) is 24.6 Å². The summed E-state index contributed by atoms with van der Waals surface area (Å²) in [6.07, 6.45) is 0. The molecule has 0 unspecified atom stereocenters. The first-order chi connectivity index (χ1) is 12.5. The molecule has 10 nitrogen and oxygen atoms in total. The zero-order valence-corrected chi connectivity index (χ0v) is 15.7. The molecule has 0 aliphatic heterocycles. The van der Waals surface area contributed by atoms with Crippen LogP contribution in [0.4, 0.5) is 11.4 Å². The molecule has 1 aromatic rings. The van der Waals surface area contributed by atoms with Crippen LogP contribution in [0.3, 0.4) is 0 Å². The third kappa shape index (κ3) is 9.73. The molecular weight excluding hydrogens is 416 g/mol. The molecule has 0 N–H and O–H groups in total. The molecule has 0 aromatic heterocycles. The molecule has 0 saturated carbocycles. The van der Waals surface area contributed by atoms with Crippen molar-refractivity contribution in [1.82, 2.24) is 0 Å². The van der Waals surface area contributed by atoms with Crippen LogP contribution >= 0.6 is 15.9 Å². The van der Waals surface area contributed by atoms with Gasteiger partial charge in [-0.3, -0.25) is 20.2 Å². The highest BCUT2D eigenvalue weighted by atomic mass is 79.9. The standard InChI is InChI=1S/C15H21BrN2O8/c16-1-2-23-3-4-24-5-6-25-7-8-26-12-13-9-14(17(19)20)11-15(10-13)18(21)22/h9-11H,1-8,12H2. The fraction of sp³-hybridized carbons (Fsp3) is 0.600. The van der Waals surface area contributed by atoms with Crippen LogP contribution in [0.2, 0.25) is 0 Å². The third-order valence-electron chi connectivity index (χ3n) is 2.99. The smallest absolute Gasteiger partial charge is 0.276 e. The van der Waals surface area contributed by atoms with Crippen molar-refractivity contribution in [2.24, 2.45) is 0 Å². The molecule has 0 aliphatic rings. The van der Waals surface area contributed by atoms with Gasteiger partial charge in [0.25, 0.3) is 11.4 Å². The van der Waals surface area contributed by atoms with Crippen LogP contribution in [0.5, 0.6) is 0 Å². The summed E-state index contributed by atoms with van der Waals surface area (Å²) in [4.78, 5) is 20.3. The SMILES string of the molecule is O=[N+]([O-])c1cc(COCCOCCOCCOCCBr)cc([N+](=O)[O-])c1. The summed E-state index contributed by atoms with van der Waals surface area (Å²) in [5, 5.41) is 22.4. The number of nitro groups is 2. The fourth-order valence-corrected chi connectivity index (χ4v) is 2.08. The first-order valence-corrected chi connectivity index (χ1v) is 8.96. The minimum atomic E-state index is -0.676. The first kappa shape index (κ1) is 22.4. The number of nitro benzene ring substituents is 2. The lowest BCUT2D eigenvalue weighted by atomic mass is 10.2. The highest BCUT2D eigenvalue weighted by Gasteiger charge is 2.16. The van der Waals surface area contributed by atoms with Crippen molar-refractivity contribution in [2.75, 3.05) is 51.6 Å². The van der Waals surface area contributed by atoms with E-state index in [1.807, 2.05) is 0 Å². The van der Waals surface area contributed by atoms with E-state index in [0.717, 1.165) is 11.4 Å². The summed E-state index contributed by atoms with van der Waals surface area (Å²) in [5.74, 6) is 0. The van der Waals surface area contributed by atoms with Crippen LogP contribution < -0.4 is 0 Å². The van der Waals surface area contributed by atoms with Crippen molar-refractivity contribution >= 4 is 27.3 Å². The number of benzene rings is 1. The first-order valence-electron chi connectivity index (χ1n) is 7.84. The Morgan fingerprint density at radius 1 is 0.731 bits per heavy atom. The van der Waals surface area contributed by atoms with Crippen molar-refractivity contribution in [3.05, 3.63) is 44.0 Å². The van der Waals surface area contributed by atoms with Gasteiger partial charge in [-0.2, -0.15) is 0 Å². The molecule has 0 fully saturated rings. The number of ether oxygens (including phenoxy) is 4. The Balaban J connectivity index is 2.16. The van der Waals surface area contributed by atoms with Crippen molar-refractivity contribution in [3.8, 4) is 0 Å². The largest absolute Gasteiger partial charge is 0.378 e. The highest BCUT2D eigenvalue weighted by molar-refractivity contribution is 9.09. The zero-order valence-electron chi connectivity index (χ0n) is 14.1. The van der Waals surface area contributed by atoms with Gasteiger partial charge in [0.2, 0.25) is 0 Å². The van der Waals surface area contributed by atoms with Gasteiger partial charge >= 0.3 is 0 Å². The van der Waals surface area contributed by atoms with E-state index in [1.165, 1.54) is 12.1 Å². The number of halogens is 1. The van der Waals surface area contributed by atoms with Gasteiger partial charge in [-0.05, 0) is 5.56 Å². The quantitative estimate of drug-likeness (QED) is 0.177. The van der Waals surface area contributed by atoms with E-state index >= 15 is 0 Å². The number of alkyl halides is 1. The highest BCUT2D eigenvalue weighted by Crippen LogP contribution is 2.23. The Bertz CT molecular complexity index is 540. The van der Waals surface area contributed by atoms with Crippen molar-refractivity contribution in [2.45, 2.75) is 6.61 Å². The van der Waals surface area contributed by atoms with Gasteiger partial charge < -0.3 is 18.9 Å². The Labute approximate surface area is 158 Å². The summed E-state index contributed by atoms with van der Waals surface area (Å²) >= 11 is 3.25. The van der Waals surface area contributed by atoms with Gasteiger partial charge in [0.05, 0.1) is 68.8 Å². The van der Waals surface area contributed by atoms with E-state index in [1.54, 1.807) is 0 Å².